The van der Waals surface area contributed by atoms with Crippen LogP contribution in [-0.2, 0) is 13.3 Å². The number of nitrogens with zero attached hydrogens (tertiary/aromatic N) is 1. The second kappa shape index (κ2) is 7.63. The van der Waals surface area contributed by atoms with Crippen LogP contribution < -0.4 is 12.4 Å². The highest BCUT2D eigenvalue weighted by molar-refractivity contribution is 6.62. The topological polar surface area (TPSA) is 27.7 Å². The summed E-state index contributed by atoms with van der Waals surface area (Å²) in [6.07, 6.45) is 0.989. The van der Waals surface area contributed by atoms with Gasteiger partial charge in [0.05, 0.1) is 20.6 Å². The lowest BCUT2D eigenvalue weighted by atomic mass is 10.3. The first-order chi connectivity index (χ1) is 6.94. The van der Waals surface area contributed by atoms with E-state index in [0.29, 0.717) is 0 Å². The van der Waals surface area contributed by atoms with Gasteiger partial charge >= 0.3 is 8.80 Å². The van der Waals surface area contributed by atoms with Crippen molar-refractivity contribution in [3.8, 4) is 0 Å². The molecule has 4 nitrogen and oxygen atoms in total. The molecule has 1 unspecified atom stereocenters. The van der Waals surface area contributed by atoms with Gasteiger partial charge in [0.2, 0.25) is 0 Å². The fourth-order valence-corrected chi connectivity index (χ4v) is 4.91. The average molecular weight is 272 g/mol. The van der Waals surface area contributed by atoms with Gasteiger partial charge in [-0.05, 0) is 6.92 Å². The summed E-state index contributed by atoms with van der Waals surface area (Å²) in [5.41, 5.74) is 0.280. The summed E-state index contributed by atoms with van der Waals surface area (Å²) < 4.78 is 17.5. The van der Waals surface area contributed by atoms with E-state index in [0.717, 1.165) is 17.4 Å². The van der Waals surface area contributed by atoms with Crippen LogP contribution in [0.3, 0.4) is 0 Å². The Balaban J connectivity index is 0. The summed E-state index contributed by atoms with van der Waals surface area (Å²) in [6.45, 7) is 5.35. The lowest BCUT2D eigenvalue weighted by molar-refractivity contribution is -0.904. The van der Waals surface area contributed by atoms with Crippen molar-refractivity contribution in [3.63, 3.8) is 0 Å². The van der Waals surface area contributed by atoms with Crippen LogP contribution in [-0.4, -0.2) is 60.9 Å². The molecule has 0 radical (unpaired) electrons. The summed E-state index contributed by atoms with van der Waals surface area (Å²) in [5, 5.41) is 0. The van der Waals surface area contributed by atoms with Crippen LogP contribution in [0.1, 0.15) is 20.3 Å². The Bertz CT molecular complexity index is 181. The van der Waals surface area contributed by atoms with Crippen LogP contribution in [0.15, 0.2) is 0 Å². The molecule has 0 aliphatic heterocycles. The molecule has 0 spiro atoms. The standard InChI is InChI=1S/C10H26NO3Si.ClH/c1-8-10(11(3,4)9-2)15(12-5,13-6)14-7;/h10H,8-9H2,1-7H3;1H/q+1;/p-1. The first kappa shape index (κ1) is 18.7. The monoisotopic (exact) mass is 271 g/mol. The van der Waals surface area contributed by atoms with E-state index in [-0.39, 0.29) is 18.1 Å². The maximum atomic E-state index is 5.56. The Kier molecular flexibility index (Phi) is 8.92. The van der Waals surface area contributed by atoms with E-state index in [1.165, 1.54) is 0 Å². The molecule has 0 saturated heterocycles. The van der Waals surface area contributed by atoms with Crippen LogP contribution in [0.2, 0.25) is 0 Å². The fraction of sp³-hybridized carbons (Fsp3) is 1.00. The molecule has 0 saturated carbocycles. The first-order valence-electron chi connectivity index (χ1n) is 5.42. The number of quaternary nitrogens is 1. The van der Waals surface area contributed by atoms with Gasteiger partial charge in [-0.15, -0.1) is 0 Å². The molecule has 0 aromatic rings. The van der Waals surface area contributed by atoms with Crippen LogP contribution in [0.25, 0.3) is 0 Å². The highest BCUT2D eigenvalue weighted by Crippen LogP contribution is 2.23. The first-order valence-corrected chi connectivity index (χ1v) is 7.22. The van der Waals surface area contributed by atoms with Crippen molar-refractivity contribution >= 4 is 8.80 Å². The van der Waals surface area contributed by atoms with Crippen molar-refractivity contribution in [2.75, 3.05) is 42.0 Å². The van der Waals surface area contributed by atoms with E-state index in [4.69, 9.17) is 13.3 Å². The molecule has 6 heteroatoms. The quantitative estimate of drug-likeness (QED) is 0.407. The molecule has 0 amide bonds. The third kappa shape index (κ3) is 3.68. The van der Waals surface area contributed by atoms with Crippen molar-refractivity contribution in [1.82, 2.24) is 0 Å². The predicted octanol–water partition coefficient (Wildman–Crippen LogP) is -1.72. The number of halogens is 1. The maximum Gasteiger partial charge on any atom is 0.561 e. The average Bonchev–Trinajstić information content (AvgIpc) is 2.25. The van der Waals surface area contributed by atoms with E-state index in [9.17, 15) is 0 Å². The Labute approximate surface area is 107 Å². The van der Waals surface area contributed by atoms with Crippen molar-refractivity contribution in [1.29, 1.82) is 0 Å². The summed E-state index contributed by atoms with van der Waals surface area (Å²) in [6, 6.07) is 0. The molecule has 0 fully saturated rings. The van der Waals surface area contributed by atoms with Gasteiger partial charge in [0.25, 0.3) is 0 Å². The molecule has 0 bridgehead atoms. The molecule has 0 heterocycles. The third-order valence-corrected chi connectivity index (χ3v) is 6.94. The largest absolute Gasteiger partial charge is 1.00 e. The van der Waals surface area contributed by atoms with E-state index >= 15 is 0 Å². The van der Waals surface area contributed by atoms with Crippen molar-refractivity contribution in [2.24, 2.45) is 0 Å². The summed E-state index contributed by atoms with van der Waals surface area (Å²) in [5.74, 6) is 0. The predicted molar refractivity (Wildman–Crippen MR) is 63.5 cm³/mol. The molecule has 0 aliphatic carbocycles. The zero-order chi connectivity index (χ0) is 12.1. The minimum atomic E-state index is -2.53. The van der Waals surface area contributed by atoms with Crippen LogP contribution in [0.4, 0.5) is 0 Å². The molecule has 16 heavy (non-hydrogen) atoms. The minimum absolute atomic E-state index is 0. The zero-order valence-electron chi connectivity index (χ0n) is 11.5. The molecule has 0 aliphatic rings. The van der Waals surface area contributed by atoms with Crippen LogP contribution >= 0.6 is 0 Å². The van der Waals surface area contributed by atoms with Crippen molar-refractivity contribution in [3.05, 3.63) is 0 Å². The maximum absolute atomic E-state index is 5.56. The summed E-state index contributed by atoms with van der Waals surface area (Å²) >= 11 is 0. The van der Waals surface area contributed by atoms with Gasteiger partial charge in [0, 0.05) is 27.8 Å². The SMILES string of the molecule is CCC([N+](C)(C)CC)[Si](OC)(OC)OC.[Cl-]. The van der Waals surface area contributed by atoms with Gasteiger partial charge in [-0.25, -0.2) is 0 Å². The summed E-state index contributed by atoms with van der Waals surface area (Å²) in [7, 11) is 6.88. The number of rotatable bonds is 7. The molecular weight excluding hydrogens is 246 g/mol. The zero-order valence-corrected chi connectivity index (χ0v) is 13.3. The molecule has 100 valence electrons. The Hall–Kier alpha value is 0.347. The Morgan fingerprint density at radius 1 is 1.00 bits per heavy atom. The smallest absolute Gasteiger partial charge is 0.561 e. The number of hydrogen-bond acceptors (Lipinski definition) is 3. The van der Waals surface area contributed by atoms with Gasteiger partial charge in [-0.2, -0.15) is 0 Å². The van der Waals surface area contributed by atoms with E-state index in [1.54, 1.807) is 21.3 Å². The fourth-order valence-electron chi connectivity index (χ4n) is 2.05. The van der Waals surface area contributed by atoms with Crippen molar-refractivity contribution < 1.29 is 30.2 Å². The highest BCUT2D eigenvalue weighted by Gasteiger charge is 2.54. The third-order valence-electron chi connectivity index (χ3n) is 3.31. The van der Waals surface area contributed by atoms with Gasteiger partial charge in [0.15, 0.2) is 5.67 Å². The van der Waals surface area contributed by atoms with Crippen LogP contribution in [0.5, 0.6) is 0 Å². The lowest BCUT2D eigenvalue weighted by Crippen LogP contribution is -3.00. The molecular formula is C10H26ClNO3Si. The minimum Gasteiger partial charge on any atom is -1.00 e. The van der Waals surface area contributed by atoms with E-state index in [2.05, 4.69) is 27.9 Å². The van der Waals surface area contributed by atoms with Crippen molar-refractivity contribution in [2.45, 2.75) is 25.9 Å². The van der Waals surface area contributed by atoms with E-state index in [1.807, 2.05) is 0 Å². The highest BCUT2D eigenvalue weighted by atomic mass is 35.5. The Morgan fingerprint density at radius 3 is 1.56 bits per heavy atom. The Morgan fingerprint density at radius 2 is 1.38 bits per heavy atom. The van der Waals surface area contributed by atoms with E-state index < -0.39 is 8.80 Å². The second-order valence-electron chi connectivity index (χ2n) is 4.23. The lowest BCUT2D eigenvalue weighted by Gasteiger charge is -2.42. The van der Waals surface area contributed by atoms with Gasteiger partial charge < -0.3 is 30.2 Å². The van der Waals surface area contributed by atoms with Gasteiger partial charge in [-0.3, -0.25) is 0 Å². The molecule has 0 N–H and O–H groups in total. The second-order valence-corrected chi connectivity index (χ2v) is 7.33. The van der Waals surface area contributed by atoms with Gasteiger partial charge in [-0.1, -0.05) is 6.92 Å². The normalized spacial score (nSPS) is 14.4. The number of hydrogen-bond donors (Lipinski definition) is 0. The molecule has 0 rings (SSSR count). The molecule has 0 aromatic carbocycles. The van der Waals surface area contributed by atoms with Gasteiger partial charge in [0.1, 0.15) is 0 Å². The molecule has 0 aromatic heterocycles. The van der Waals surface area contributed by atoms with Crippen LogP contribution in [0, 0.1) is 0 Å². The molecule has 1 atom stereocenters. The summed E-state index contributed by atoms with van der Waals surface area (Å²) in [4.78, 5) is 0.